The van der Waals surface area contributed by atoms with Crippen molar-refractivity contribution in [2.24, 2.45) is 0 Å². The number of rotatable bonds is 19. The zero-order valence-electron chi connectivity index (χ0n) is 26.7. The van der Waals surface area contributed by atoms with Crippen molar-refractivity contribution in [1.29, 1.82) is 0 Å². The fraction of sp³-hybridized carbons (Fsp3) is 1.00. The Balaban J connectivity index is 1.35. The lowest BCUT2D eigenvalue weighted by Crippen LogP contribution is -2.51. The molecule has 0 aromatic carbocycles. The first kappa shape index (κ1) is 36.6. The molecule has 40 heavy (non-hydrogen) atoms. The fourth-order valence-electron chi connectivity index (χ4n) is 5.74. The zero-order valence-corrected chi connectivity index (χ0v) is 28.3. The van der Waals surface area contributed by atoms with Crippen molar-refractivity contribution in [3.05, 3.63) is 10.4 Å². The Bertz CT molecular complexity index is 640. The summed E-state index contributed by atoms with van der Waals surface area (Å²) in [5.41, 5.74) is -2.65. The number of unbranched alkanes of at least 4 members (excludes halogenated alkanes) is 10. The second-order valence-corrected chi connectivity index (χ2v) is 16.7. The van der Waals surface area contributed by atoms with E-state index in [1.165, 1.54) is 62.9 Å². The van der Waals surface area contributed by atoms with Crippen molar-refractivity contribution >= 4 is 21.6 Å². The molecule has 10 heteroatoms. The Morgan fingerprint density at radius 1 is 0.475 bits per heavy atom. The molecule has 0 aromatic heterocycles. The van der Waals surface area contributed by atoms with Crippen molar-refractivity contribution < 1.29 is 10.4 Å². The largest absolute Gasteiger partial charge is 0.784 e. The van der Waals surface area contributed by atoms with Crippen molar-refractivity contribution in [3.8, 4) is 0 Å². The number of hydrogen-bond acceptors (Lipinski definition) is 8. The van der Waals surface area contributed by atoms with E-state index in [1.54, 1.807) is 0 Å². The first-order chi connectivity index (χ1) is 18.6. The third-order valence-corrected chi connectivity index (χ3v) is 12.8. The molecule has 0 N–H and O–H groups in total. The summed E-state index contributed by atoms with van der Waals surface area (Å²) in [6.07, 6.45) is 14.1. The van der Waals surface area contributed by atoms with Crippen LogP contribution in [-0.4, -0.2) is 66.2 Å². The molecule has 0 aromatic rings. The number of nitrogens with zero attached hydrogens (tertiary/aromatic N) is 4. The van der Waals surface area contributed by atoms with Gasteiger partial charge in [-0.2, -0.15) is 0 Å². The van der Waals surface area contributed by atoms with Crippen LogP contribution in [0.2, 0.25) is 0 Å². The molecule has 2 aliphatic heterocycles. The van der Waals surface area contributed by atoms with Crippen LogP contribution in [0.15, 0.2) is 0 Å². The molecule has 0 atom stereocenters. The van der Waals surface area contributed by atoms with Crippen molar-refractivity contribution in [2.75, 3.05) is 11.5 Å². The van der Waals surface area contributed by atoms with Crippen LogP contribution >= 0.6 is 21.6 Å². The van der Waals surface area contributed by atoms with Gasteiger partial charge < -0.3 is 20.5 Å². The Morgan fingerprint density at radius 3 is 1.02 bits per heavy atom. The van der Waals surface area contributed by atoms with E-state index in [0.717, 1.165) is 45.9 Å². The summed E-state index contributed by atoms with van der Waals surface area (Å²) in [6.45, 7) is 15.0. The van der Waals surface area contributed by atoms with E-state index < -0.39 is 34.5 Å². The Morgan fingerprint density at radius 2 is 0.750 bits per heavy atom. The highest BCUT2D eigenvalue weighted by Crippen LogP contribution is 2.44. The maximum absolute atomic E-state index is 12.6. The van der Waals surface area contributed by atoms with Gasteiger partial charge in [-0.25, -0.2) is 0 Å². The maximum Gasteiger partial charge on any atom is 0.0797 e. The Labute approximate surface area is 253 Å². The fourth-order valence-corrected chi connectivity index (χ4v) is 8.03. The van der Waals surface area contributed by atoms with Crippen LogP contribution in [0.4, 0.5) is 0 Å². The third-order valence-electron chi connectivity index (χ3n) is 10.2. The third kappa shape index (κ3) is 8.51. The monoisotopic (exact) mass is 602 g/mol. The molecule has 8 nitrogen and oxygen atoms in total. The molecule has 2 aliphatic rings. The summed E-state index contributed by atoms with van der Waals surface area (Å²) in [4.78, 5) is 0. The van der Waals surface area contributed by atoms with E-state index in [1.807, 2.05) is 77.0 Å². The summed E-state index contributed by atoms with van der Waals surface area (Å²) >= 11 is 0. The molecule has 2 saturated heterocycles. The van der Waals surface area contributed by atoms with E-state index in [0.29, 0.717) is 12.8 Å². The highest BCUT2D eigenvalue weighted by atomic mass is 33.1. The van der Waals surface area contributed by atoms with Gasteiger partial charge in [0.2, 0.25) is 0 Å². The Hall–Kier alpha value is 0.380. The van der Waals surface area contributed by atoms with Crippen molar-refractivity contribution in [3.63, 3.8) is 0 Å². The predicted octanol–water partition coefficient (Wildman–Crippen LogP) is 8.52. The highest BCUT2D eigenvalue weighted by Gasteiger charge is 2.55. The average molecular weight is 603 g/mol. The van der Waals surface area contributed by atoms with Gasteiger partial charge in [0, 0.05) is 22.6 Å². The molecule has 0 aliphatic carbocycles. The lowest BCUT2D eigenvalue weighted by Gasteiger charge is -2.44. The van der Waals surface area contributed by atoms with Gasteiger partial charge in [0.25, 0.3) is 0 Å². The van der Waals surface area contributed by atoms with Crippen LogP contribution in [-0.2, 0) is 10.4 Å². The SMILES string of the molecule is CC1(C)N([O])C(CCCCCCCCSSCCCCCCCCC2N([O])C(C)(C)C(C)(C)N2[O-])N([O-])C1(C)C. The molecule has 0 amide bonds. The minimum absolute atomic E-state index is 0.544. The second kappa shape index (κ2) is 15.9. The molecule has 0 unspecified atom stereocenters. The molecule has 2 radical (unpaired) electrons. The quantitative estimate of drug-likeness (QED) is 0.107. The van der Waals surface area contributed by atoms with E-state index in [9.17, 15) is 20.8 Å². The summed E-state index contributed by atoms with van der Waals surface area (Å²) in [6, 6.07) is 0. The standard InChI is InChI=1S/C30H58N4O4S2/c1-27(2)28(3,4)32(36)25(31(27)35)21-17-13-9-11-15-19-23-39-40-24-20-16-12-10-14-18-22-26-33(37)29(5,6)30(7,8)34(26)38/h25-26H,9-24H2,1-8H3/q-2. The van der Waals surface area contributed by atoms with Crippen LogP contribution < -0.4 is 0 Å². The maximum atomic E-state index is 12.6. The normalized spacial score (nSPS) is 26.7. The number of hydrogen-bond donors (Lipinski definition) is 0. The Kier molecular flexibility index (Phi) is 14.5. The summed E-state index contributed by atoms with van der Waals surface area (Å²) in [7, 11) is 3.98. The van der Waals surface area contributed by atoms with Gasteiger partial charge in [-0.1, -0.05) is 85.8 Å². The molecule has 0 saturated carbocycles. The molecule has 2 heterocycles. The smallest absolute Gasteiger partial charge is 0.0797 e. The topological polar surface area (TPSA) is 98.9 Å². The molecular weight excluding hydrogens is 544 g/mol. The van der Waals surface area contributed by atoms with Gasteiger partial charge in [-0.15, -0.1) is 20.5 Å². The lowest BCUT2D eigenvalue weighted by atomic mass is 9.84. The van der Waals surface area contributed by atoms with Crippen LogP contribution in [0.3, 0.4) is 0 Å². The van der Waals surface area contributed by atoms with Gasteiger partial charge in [-0.05, 0) is 81.1 Å². The molecule has 236 valence electrons. The first-order valence-electron chi connectivity index (χ1n) is 15.7. The summed E-state index contributed by atoms with van der Waals surface area (Å²) in [5.74, 6) is 2.41. The van der Waals surface area contributed by atoms with E-state index >= 15 is 0 Å². The van der Waals surface area contributed by atoms with Gasteiger partial charge in [0.1, 0.15) is 0 Å². The van der Waals surface area contributed by atoms with Crippen LogP contribution in [0.25, 0.3) is 0 Å². The first-order valence-corrected chi connectivity index (χ1v) is 18.2. The highest BCUT2D eigenvalue weighted by molar-refractivity contribution is 8.76. The molecule has 0 spiro atoms. The average Bonchev–Trinajstić information content (AvgIpc) is 3.08. The van der Waals surface area contributed by atoms with Crippen LogP contribution in [0.1, 0.15) is 145 Å². The van der Waals surface area contributed by atoms with Crippen LogP contribution in [0.5, 0.6) is 0 Å². The minimum atomic E-state index is -0.661. The summed E-state index contributed by atoms with van der Waals surface area (Å²) < 4.78 is 0. The summed E-state index contributed by atoms with van der Waals surface area (Å²) in [5, 5.41) is 54.5. The van der Waals surface area contributed by atoms with Crippen molar-refractivity contribution in [2.45, 2.75) is 180 Å². The van der Waals surface area contributed by atoms with Gasteiger partial charge in [-0.3, -0.25) is 0 Å². The molecule has 2 fully saturated rings. The van der Waals surface area contributed by atoms with Gasteiger partial charge >= 0.3 is 0 Å². The zero-order chi connectivity index (χ0) is 30.2. The molecule has 0 bridgehead atoms. The number of hydroxylamine groups is 8. The van der Waals surface area contributed by atoms with Crippen molar-refractivity contribution in [1.82, 2.24) is 20.3 Å². The lowest BCUT2D eigenvalue weighted by molar-refractivity contribution is -0.231. The van der Waals surface area contributed by atoms with E-state index in [4.69, 9.17) is 0 Å². The van der Waals surface area contributed by atoms with E-state index in [2.05, 4.69) is 0 Å². The van der Waals surface area contributed by atoms with E-state index in [-0.39, 0.29) is 0 Å². The predicted molar refractivity (Wildman–Crippen MR) is 169 cm³/mol. The van der Waals surface area contributed by atoms with Gasteiger partial charge in [0.05, 0.1) is 23.4 Å². The second-order valence-electron chi connectivity index (χ2n) is 14.0. The van der Waals surface area contributed by atoms with Gasteiger partial charge in [0.15, 0.2) is 0 Å². The molecular formula is C30H58N4O4S2-2. The molecule has 2 rings (SSSR count). The minimum Gasteiger partial charge on any atom is -0.784 e. The van der Waals surface area contributed by atoms with Crippen LogP contribution in [0, 0.1) is 10.4 Å².